The molecule has 18 heavy (non-hydrogen) atoms. The van der Waals surface area contributed by atoms with Crippen LogP contribution in [0.3, 0.4) is 0 Å². The maximum Gasteiger partial charge on any atom is 0.0702 e. The molecule has 1 unspecified atom stereocenters. The van der Waals surface area contributed by atoms with Crippen LogP contribution in [0.5, 0.6) is 0 Å². The highest BCUT2D eigenvalue weighted by Gasteiger charge is 2.11. The van der Waals surface area contributed by atoms with Gasteiger partial charge in [0.05, 0.1) is 14.4 Å². The molecule has 1 aromatic carbocycles. The number of nitrogens with two attached hydrogens (primary N) is 1. The van der Waals surface area contributed by atoms with E-state index in [1.807, 2.05) is 18.3 Å². The Kier molecular flexibility index (Phi) is 3.32. The summed E-state index contributed by atoms with van der Waals surface area (Å²) in [6, 6.07) is 12.3. The Balaban J connectivity index is 2.03. The molecular formula is C14H11IN2S. The van der Waals surface area contributed by atoms with Crippen molar-refractivity contribution in [3.8, 4) is 0 Å². The minimum atomic E-state index is -0.0608. The second-order valence-corrected chi connectivity index (χ2v) is 6.92. The number of hydrogen-bond acceptors (Lipinski definition) is 3. The molecule has 0 saturated heterocycles. The molecule has 0 bridgehead atoms. The molecule has 2 nitrogen and oxygen atoms in total. The molecule has 0 fully saturated rings. The molecule has 3 aromatic rings. The number of benzene rings is 1. The molecule has 2 heterocycles. The fraction of sp³-hybridized carbons (Fsp3) is 0.0714. The SMILES string of the molecule is NC(c1csc(I)c1)c1ccc2ncccc2c1. The Bertz CT molecular complexity index is 693. The zero-order valence-electron chi connectivity index (χ0n) is 9.51. The van der Waals surface area contributed by atoms with Gasteiger partial charge in [-0.3, -0.25) is 4.98 Å². The van der Waals surface area contributed by atoms with E-state index >= 15 is 0 Å². The number of nitrogens with zero attached hydrogens (tertiary/aromatic N) is 1. The molecule has 2 aromatic heterocycles. The quantitative estimate of drug-likeness (QED) is 0.698. The molecule has 3 rings (SSSR count). The Morgan fingerprint density at radius 2 is 2.06 bits per heavy atom. The number of pyridine rings is 1. The number of halogens is 1. The average Bonchev–Trinajstić information content (AvgIpc) is 2.84. The zero-order chi connectivity index (χ0) is 12.5. The largest absolute Gasteiger partial charge is 0.320 e. The van der Waals surface area contributed by atoms with E-state index in [2.05, 4.69) is 57.2 Å². The summed E-state index contributed by atoms with van der Waals surface area (Å²) >= 11 is 4.05. The van der Waals surface area contributed by atoms with Crippen LogP contribution < -0.4 is 5.73 Å². The maximum atomic E-state index is 6.30. The smallest absolute Gasteiger partial charge is 0.0702 e. The second-order valence-electron chi connectivity index (χ2n) is 4.12. The summed E-state index contributed by atoms with van der Waals surface area (Å²) < 4.78 is 1.26. The lowest BCUT2D eigenvalue weighted by Gasteiger charge is -2.11. The third-order valence-electron chi connectivity index (χ3n) is 2.93. The Hall–Kier alpha value is -0.980. The highest BCUT2D eigenvalue weighted by atomic mass is 127. The van der Waals surface area contributed by atoms with E-state index in [1.54, 1.807) is 11.3 Å². The average molecular weight is 366 g/mol. The summed E-state index contributed by atoms with van der Waals surface area (Å²) in [5.74, 6) is 0. The number of fused-ring (bicyclic) bond motifs is 1. The molecule has 0 radical (unpaired) electrons. The van der Waals surface area contributed by atoms with Gasteiger partial charge in [-0.2, -0.15) is 0 Å². The van der Waals surface area contributed by atoms with Crippen molar-refractivity contribution in [1.29, 1.82) is 0 Å². The van der Waals surface area contributed by atoms with Gasteiger partial charge < -0.3 is 5.73 Å². The van der Waals surface area contributed by atoms with Crippen LogP contribution in [0.2, 0.25) is 0 Å². The monoisotopic (exact) mass is 366 g/mol. The molecule has 0 aliphatic rings. The van der Waals surface area contributed by atoms with Crippen molar-refractivity contribution in [1.82, 2.24) is 4.98 Å². The molecule has 1 atom stereocenters. The van der Waals surface area contributed by atoms with Crippen LogP contribution in [-0.2, 0) is 0 Å². The van der Waals surface area contributed by atoms with Gasteiger partial charge in [-0.15, -0.1) is 11.3 Å². The highest BCUT2D eigenvalue weighted by molar-refractivity contribution is 14.1. The fourth-order valence-electron chi connectivity index (χ4n) is 1.97. The van der Waals surface area contributed by atoms with E-state index in [1.165, 1.54) is 8.45 Å². The van der Waals surface area contributed by atoms with Gasteiger partial charge in [-0.25, -0.2) is 0 Å². The number of thiophene rings is 1. The molecule has 0 aliphatic carbocycles. The topological polar surface area (TPSA) is 38.9 Å². The van der Waals surface area contributed by atoms with E-state index in [-0.39, 0.29) is 6.04 Å². The summed E-state index contributed by atoms with van der Waals surface area (Å²) in [5.41, 5.74) is 9.61. The minimum absolute atomic E-state index is 0.0608. The van der Waals surface area contributed by atoms with Crippen molar-refractivity contribution in [2.24, 2.45) is 5.73 Å². The van der Waals surface area contributed by atoms with Gasteiger partial charge in [0.1, 0.15) is 0 Å². The van der Waals surface area contributed by atoms with Crippen LogP contribution in [0.1, 0.15) is 17.2 Å². The van der Waals surface area contributed by atoms with Gasteiger partial charge in [0.2, 0.25) is 0 Å². The molecule has 4 heteroatoms. The lowest BCUT2D eigenvalue weighted by Crippen LogP contribution is -2.10. The fourth-order valence-corrected chi connectivity index (χ4v) is 3.37. The second kappa shape index (κ2) is 4.95. The van der Waals surface area contributed by atoms with Gasteiger partial charge in [0.25, 0.3) is 0 Å². The van der Waals surface area contributed by atoms with E-state index in [0.29, 0.717) is 0 Å². The van der Waals surface area contributed by atoms with Crippen LogP contribution >= 0.6 is 33.9 Å². The molecule has 0 saturated carbocycles. The normalized spacial score (nSPS) is 12.8. The minimum Gasteiger partial charge on any atom is -0.320 e. The van der Waals surface area contributed by atoms with E-state index < -0.39 is 0 Å². The Morgan fingerprint density at radius 1 is 1.17 bits per heavy atom. The van der Waals surface area contributed by atoms with Gasteiger partial charge in [0, 0.05) is 11.6 Å². The molecule has 90 valence electrons. The van der Waals surface area contributed by atoms with Gasteiger partial charge in [0.15, 0.2) is 0 Å². The van der Waals surface area contributed by atoms with E-state index in [4.69, 9.17) is 5.73 Å². The van der Waals surface area contributed by atoms with Crippen LogP contribution in [-0.4, -0.2) is 4.98 Å². The zero-order valence-corrected chi connectivity index (χ0v) is 12.5. The van der Waals surface area contributed by atoms with Gasteiger partial charge in [-0.05, 0) is 63.4 Å². The molecular weight excluding hydrogens is 355 g/mol. The standard InChI is InChI=1S/C14H11IN2S/c15-13-7-11(8-18-13)14(16)10-3-4-12-9(6-10)2-1-5-17-12/h1-8,14H,16H2. The molecule has 2 N–H and O–H groups in total. The highest BCUT2D eigenvalue weighted by Crippen LogP contribution is 2.27. The van der Waals surface area contributed by atoms with Crippen molar-refractivity contribution in [3.05, 3.63) is 62.0 Å². The lowest BCUT2D eigenvalue weighted by atomic mass is 10.0. The van der Waals surface area contributed by atoms with Gasteiger partial charge in [-0.1, -0.05) is 12.1 Å². The number of aromatic nitrogens is 1. The van der Waals surface area contributed by atoms with E-state index in [9.17, 15) is 0 Å². The predicted molar refractivity (Wildman–Crippen MR) is 84.8 cm³/mol. The van der Waals surface area contributed by atoms with Crippen molar-refractivity contribution in [2.75, 3.05) is 0 Å². The third kappa shape index (κ3) is 2.28. The first kappa shape index (κ1) is 12.1. The van der Waals surface area contributed by atoms with Crippen LogP contribution in [0.25, 0.3) is 10.9 Å². The molecule has 0 amide bonds. The molecule has 0 aliphatic heterocycles. The van der Waals surface area contributed by atoms with Crippen LogP contribution in [0.15, 0.2) is 48.0 Å². The number of rotatable bonds is 2. The summed E-state index contributed by atoms with van der Waals surface area (Å²) in [4.78, 5) is 4.32. The van der Waals surface area contributed by atoms with Crippen LogP contribution in [0.4, 0.5) is 0 Å². The summed E-state index contributed by atoms with van der Waals surface area (Å²) in [7, 11) is 0. The third-order valence-corrected chi connectivity index (χ3v) is 4.74. The maximum absolute atomic E-state index is 6.30. The van der Waals surface area contributed by atoms with Crippen molar-refractivity contribution < 1.29 is 0 Å². The van der Waals surface area contributed by atoms with E-state index in [0.717, 1.165) is 16.5 Å². The summed E-state index contributed by atoms with van der Waals surface area (Å²) in [6.07, 6.45) is 1.81. The first-order chi connectivity index (χ1) is 8.74. The van der Waals surface area contributed by atoms with Crippen molar-refractivity contribution >= 4 is 44.8 Å². The van der Waals surface area contributed by atoms with Gasteiger partial charge >= 0.3 is 0 Å². The number of hydrogen-bond donors (Lipinski definition) is 1. The first-order valence-electron chi connectivity index (χ1n) is 5.58. The Morgan fingerprint density at radius 3 is 2.83 bits per heavy atom. The summed E-state index contributed by atoms with van der Waals surface area (Å²) in [5, 5.41) is 3.26. The van der Waals surface area contributed by atoms with Crippen molar-refractivity contribution in [3.63, 3.8) is 0 Å². The Labute approximate surface area is 123 Å². The van der Waals surface area contributed by atoms with Crippen molar-refractivity contribution in [2.45, 2.75) is 6.04 Å². The first-order valence-corrected chi connectivity index (χ1v) is 7.54. The molecule has 0 spiro atoms. The summed E-state index contributed by atoms with van der Waals surface area (Å²) in [6.45, 7) is 0. The predicted octanol–water partition coefficient (Wildman–Crippen LogP) is 3.95. The lowest BCUT2D eigenvalue weighted by molar-refractivity contribution is 0.878. The van der Waals surface area contributed by atoms with Crippen LogP contribution in [0, 0.1) is 2.88 Å².